The molecule has 0 rings (SSSR count). The number of hydrogen-bond donors (Lipinski definition) is 6. The molecule has 9 nitrogen and oxygen atoms in total. The van der Waals surface area contributed by atoms with Gasteiger partial charge in [-0.05, 0) is 0 Å². The topological polar surface area (TPSA) is 187 Å². The van der Waals surface area contributed by atoms with Crippen molar-refractivity contribution in [1.82, 2.24) is 0 Å². The van der Waals surface area contributed by atoms with Crippen LogP contribution in [0.4, 0.5) is 0 Å². The van der Waals surface area contributed by atoms with Gasteiger partial charge in [0, 0.05) is 24.4 Å². The second-order valence-electron chi connectivity index (χ2n) is 2.55. The molecule has 0 aliphatic carbocycles. The number of hydrogen-bond acceptors (Lipinski definition) is 6. The molecule has 0 heterocycles. The summed E-state index contributed by atoms with van der Waals surface area (Å²) in [6, 6.07) is 0. The number of carboxylic acids is 2. The van der Waals surface area contributed by atoms with E-state index in [1.807, 2.05) is 0 Å². The predicted molar refractivity (Wildman–Crippen MR) is 48.7 cm³/mol. The van der Waals surface area contributed by atoms with Crippen LogP contribution in [0.2, 0.25) is 0 Å². The summed E-state index contributed by atoms with van der Waals surface area (Å²) in [5.74, 6) is -3.68. The van der Waals surface area contributed by atoms with Crippen LogP contribution in [0.5, 0.6) is 0 Å². The van der Waals surface area contributed by atoms with E-state index in [0.29, 0.717) is 0 Å². The maximum atomic E-state index is 10.1. The van der Waals surface area contributed by atoms with Crippen LogP contribution in [0.15, 0.2) is 0 Å². The van der Waals surface area contributed by atoms with Gasteiger partial charge >= 0.3 is 11.9 Å². The minimum absolute atomic E-state index is 0. The first kappa shape index (κ1) is 20.9. The van der Waals surface area contributed by atoms with E-state index in [2.05, 4.69) is 0 Å². The van der Waals surface area contributed by atoms with Crippen LogP contribution < -0.4 is 0 Å². The third-order valence-electron chi connectivity index (χ3n) is 1.50. The van der Waals surface area contributed by atoms with E-state index < -0.39 is 36.4 Å². The van der Waals surface area contributed by atoms with Crippen molar-refractivity contribution in [3.8, 4) is 0 Å². The number of aliphatic hydroxyl groups excluding tert-OH is 4. The molecule has 16 heavy (non-hydrogen) atoms. The van der Waals surface area contributed by atoms with Gasteiger partial charge in [0.05, 0.1) is 0 Å². The Hall–Kier alpha value is -0.442. The average Bonchev–Trinajstić information content (AvgIpc) is 2.12. The number of aliphatic hydroxyl groups is 4. The minimum Gasteiger partial charge on any atom is -0.479 e. The summed E-state index contributed by atoms with van der Waals surface area (Å²) in [5, 5.41) is 51.5. The maximum Gasteiger partial charge on any atom is 0.335 e. The van der Waals surface area contributed by atoms with Crippen molar-refractivity contribution in [1.29, 1.82) is 0 Å². The Morgan fingerprint density at radius 2 is 0.938 bits per heavy atom. The first-order valence-corrected chi connectivity index (χ1v) is 3.47. The van der Waals surface area contributed by atoms with E-state index in [0.717, 1.165) is 0 Å². The zero-order valence-electron chi connectivity index (χ0n) is 7.76. The molecule has 4 atom stereocenters. The molecule has 4 unspecified atom stereocenters. The molecule has 95 valence electrons. The first-order valence-electron chi connectivity index (χ1n) is 3.47. The van der Waals surface area contributed by atoms with Gasteiger partial charge in [-0.1, -0.05) is 0 Å². The summed E-state index contributed by atoms with van der Waals surface area (Å²) >= 11 is 0. The third-order valence-corrected chi connectivity index (χ3v) is 1.50. The van der Waals surface area contributed by atoms with Crippen LogP contribution in [-0.2, 0) is 9.59 Å². The van der Waals surface area contributed by atoms with Crippen LogP contribution in [0.3, 0.4) is 0 Å². The zero-order valence-corrected chi connectivity index (χ0v) is 10.3. The summed E-state index contributed by atoms with van der Waals surface area (Å²) in [5.41, 5.74) is 0. The molecule has 0 spiro atoms. The van der Waals surface area contributed by atoms with Crippen LogP contribution in [-0.4, -0.2) is 96.9 Å². The summed E-state index contributed by atoms with van der Waals surface area (Å²) in [7, 11) is 0. The fraction of sp³-hybridized carbons (Fsp3) is 0.667. The van der Waals surface area contributed by atoms with Gasteiger partial charge in [-0.25, -0.2) is 9.59 Å². The summed E-state index contributed by atoms with van der Waals surface area (Å²) in [6.45, 7) is 0. The van der Waals surface area contributed by atoms with Gasteiger partial charge in [0.1, 0.15) is 12.2 Å². The van der Waals surface area contributed by atoms with Crippen molar-refractivity contribution in [2.24, 2.45) is 0 Å². The van der Waals surface area contributed by atoms with Crippen molar-refractivity contribution in [3.05, 3.63) is 0 Å². The Labute approximate surface area is 107 Å². The fourth-order valence-corrected chi connectivity index (χ4v) is 0.666. The van der Waals surface area contributed by atoms with Gasteiger partial charge < -0.3 is 36.1 Å². The Morgan fingerprint density at radius 1 is 0.750 bits per heavy atom. The van der Waals surface area contributed by atoms with Gasteiger partial charge in [0.2, 0.25) is 0 Å². The van der Waals surface area contributed by atoms with E-state index in [-0.39, 0.29) is 29.9 Å². The van der Waals surface area contributed by atoms with Crippen LogP contribution in [0.1, 0.15) is 0 Å². The second-order valence-corrected chi connectivity index (χ2v) is 2.55. The van der Waals surface area contributed by atoms with Gasteiger partial charge in [-0.2, -0.15) is 0 Å². The Morgan fingerprint density at radius 3 is 1.06 bits per heavy atom. The summed E-state index contributed by atoms with van der Waals surface area (Å²) in [6.07, 6.45) is -9.28. The maximum absolute atomic E-state index is 10.1. The zero-order chi connectivity index (χ0) is 11.5. The van der Waals surface area contributed by atoms with E-state index >= 15 is 0 Å². The molecule has 0 saturated heterocycles. The summed E-state index contributed by atoms with van der Waals surface area (Å²) < 4.78 is 0. The Bertz CT molecular complexity index is 208. The Kier molecular flexibility index (Phi) is 11.3. The van der Waals surface area contributed by atoms with E-state index in [1.165, 1.54) is 0 Å². The van der Waals surface area contributed by atoms with Crippen molar-refractivity contribution in [3.63, 3.8) is 0 Å². The normalized spacial score (nSPS) is 17.0. The van der Waals surface area contributed by atoms with E-state index in [4.69, 9.17) is 30.6 Å². The first-order chi connectivity index (χ1) is 6.29. The molecule has 0 amide bonds. The van der Waals surface area contributed by atoms with Crippen molar-refractivity contribution in [2.75, 3.05) is 0 Å². The monoisotopic (exact) mass is 349 g/mol. The molecular weight excluding hydrogens is 338 g/mol. The van der Waals surface area contributed by atoms with Crippen LogP contribution in [0.25, 0.3) is 0 Å². The molecule has 8 N–H and O–H groups in total. The molecule has 3 radical (unpaired) electrons. The molecule has 0 saturated carbocycles. The van der Waals surface area contributed by atoms with Crippen molar-refractivity contribution in [2.45, 2.75) is 24.4 Å². The number of carboxylic acid groups (broad SMARTS) is 2. The van der Waals surface area contributed by atoms with E-state index in [9.17, 15) is 9.59 Å². The third kappa shape index (κ3) is 5.59. The second kappa shape index (κ2) is 8.68. The predicted octanol–water partition coefficient (Wildman–Crippen LogP) is -4.61. The average molecular weight is 350 g/mol. The number of carbonyl (C=O) groups is 2. The molecule has 10 heteroatoms. The summed E-state index contributed by atoms with van der Waals surface area (Å²) in [4.78, 5) is 20.2. The van der Waals surface area contributed by atoms with Crippen molar-refractivity contribution >= 4 is 36.4 Å². The SMILES string of the molecule is O.O=C(O)C(O)C(O)C(O)C(O)C(=O)O.[Sb]. The molecule has 0 bridgehead atoms. The quantitative estimate of drug-likeness (QED) is 0.267. The molecule has 0 aromatic carbocycles. The molecule has 0 aromatic rings. The van der Waals surface area contributed by atoms with Gasteiger partial charge in [0.15, 0.2) is 12.2 Å². The molecule has 0 fully saturated rings. The number of rotatable bonds is 5. The molecular formula is C6H12O9Sb. The smallest absolute Gasteiger partial charge is 0.335 e. The van der Waals surface area contributed by atoms with Gasteiger partial charge in [0.25, 0.3) is 0 Å². The minimum atomic E-state index is -2.36. The van der Waals surface area contributed by atoms with Gasteiger partial charge in [-0.15, -0.1) is 0 Å². The largest absolute Gasteiger partial charge is 0.479 e. The fourth-order valence-electron chi connectivity index (χ4n) is 0.666. The van der Waals surface area contributed by atoms with Crippen LogP contribution in [0, 0.1) is 0 Å². The van der Waals surface area contributed by atoms with Crippen LogP contribution >= 0.6 is 0 Å². The standard InChI is InChI=1S/C6H10O8.H2O.Sb/c7-1(3(9)5(11)12)2(8)4(10)6(13)14;;/h1-4,7-10H,(H,11,12)(H,13,14);1H2;. The number of aliphatic carboxylic acids is 2. The Balaban J connectivity index is -0.000000845. The molecule has 0 aromatic heterocycles. The molecule has 0 aliphatic heterocycles. The van der Waals surface area contributed by atoms with E-state index in [1.54, 1.807) is 0 Å². The molecule has 0 aliphatic rings. The van der Waals surface area contributed by atoms with Crippen molar-refractivity contribution < 1.29 is 45.7 Å². The van der Waals surface area contributed by atoms with Gasteiger partial charge in [-0.3, -0.25) is 0 Å².